The first-order valence-corrected chi connectivity index (χ1v) is 7.96. The molecule has 1 aliphatic rings. The van der Waals surface area contributed by atoms with Crippen molar-refractivity contribution < 1.29 is 4.39 Å². The van der Waals surface area contributed by atoms with Gasteiger partial charge in [0, 0.05) is 25.0 Å². The van der Waals surface area contributed by atoms with E-state index in [1.165, 1.54) is 23.4 Å². The molecule has 1 N–H and O–H groups in total. The van der Waals surface area contributed by atoms with Crippen molar-refractivity contribution >= 4 is 17.5 Å². The van der Waals surface area contributed by atoms with E-state index >= 15 is 0 Å². The quantitative estimate of drug-likeness (QED) is 0.791. The van der Waals surface area contributed by atoms with Crippen molar-refractivity contribution in [3.63, 3.8) is 0 Å². The number of anilines is 3. The van der Waals surface area contributed by atoms with Gasteiger partial charge < -0.3 is 10.2 Å². The fraction of sp³-hybridized carbons (Fsp3) is 0.158. The van der Waals surface area contributed by atoms with Crippen LogP contribution >= 0.6 is 0 Å². The number of nitrogens with one attached hydrogen (secondary N) is 1. The Morgan fingerprint density at radius 2 is 1.88 bits per heavy atom. The lowest BCUT2D eigenvalue weighted by molar-refractivity contribution is 0.627. The first-order chi connectivity index (χ1) is 11.8. The summed E-state index contributed by atoms with van der Waals surface area (Å²) >= 11 is 0. The van der Waals surface area contributed by atoms with Crippen LogP contribution in [0, 0.1) is 5.82 Å². The zero-order valence-electron chi connectivity index (χ0n) is 13.1. The highest BCUT2D eigenvalue weighted by Crippen LogP contribution is 2.32. The molecule has 0 radical (unpaired) electrons. The van der Waals surface area contributed by atoms with Crippen molar-refractivity contribution in [3.8, 4) is 0 Å². The molecular weight excluding hydrogens is 303 g/mol. The molecule has 0 atom stereocenters. The second kappa shape index (κ2) is 6.28. The van der Waals surface area contributed by atoms with E-state index in [1.54, 1.807) is 18.3 Å². The molecule has 24 heavy (non-hydrogen) atoms. The van der Waals surface area contributed by atoms with E-state index in [1.807, 2.05) is 12.1 Å². The van der Waals surface area contributed by atoms with E-state index in [2.05, 4.69) is 38.4 Å². The van der Waals surface area contributed by atoms with E-state index in [-0.39, 0.29) is 5.82 Å². The van der Waals surface area contributed by atoms with Gasteiger partial charge in [0.1, 0.15) is 11.6 Å². The molecule has 0 amide bonds. The Morgan fingerprint density at radius 1 is 1.04 bits per heavy atom. The summed E-state index contributed by atoms with van der Waals surface area (Å²) in [6.45, 7) is 1.48. The van der Waals surface area contributed by atoms with E-state index < -0.39 is 0 Å². The summed E-state index contributed by atoms with van der Waals surface area (Å²) in [6.07, 6.45) is 2.77. The molecule has 4 nitrogen and oxygen atoms in total. The third-order valence-corrected chi connectivity index (χ3v) is 4.16. The minimum absolute atomic E-state index is 0.226. The molecule has 4 rings (SSSR count). The Bertz CT molecular complexity index is 848. The van der Waals surface area contributed by atoms with Crippen LogP contribution in [0.2, 0.25) is 0 Å². The molecule has 1 aliphatic heterocycles. The largest absolute Gasteiger partial charge is 0.366 e. The first kappa shape index (κ1) is 14.6. The standard InChI is InChI=1S/C19H17FN4/c20-16-7-5-14(6-8-16)13-22-18-9-11-21-19(23-18)24-12-10-15-3-1-2-4-17(15)24/h1-9,11H,10,12-13H2,(H,21,22,23). The lowest BCUT2D eigenvalue weighted by Crippen LogP contribution is -2.17. The highest BCUT2D eigenvalue weighted by atomic mass is 19.1. The maximum absolute atomic E-state index is 13.0. The highest BCUT2D eigenvalue weighted by molar-refractivity contribution is 5.66. The second-order valence-corrected chi connectivity index (χ2v) is 5.75. The fourth-order valence-corrected chi connectivity index (χ4v) is 2.92. The molecule has 0 unspecified atom stereocenters. The van der Waals surface area contributed by atoms with Crippen LogP contribution in [0.1, 0.15) is 11.1 Å². The number of para-hydroxylation sites is 1. The van der Waals surface area contributed by atoms with Crippen LogP contribution in [0.3, 0.4) is 0 Å². The summed E-state index contributed by atoms with van der Waals surface area (Å²) in [4.78, 5) is 11.2. The predicted molar refractivity (Wildman–Crippen MR) is 92.9 cm³/mol. The number of nitrogens with zero attached hydrogens (tertiary/aromatic N) is 3. The highest BCUT2D eigenvalue weighted by Gasteiger charge is 2.21. The van der Waals surface area contributed by atoms with Crippen LogP contribution in [0.5, 0.6) is 0 Å². The van der Waals surface area contributed by atoms with Gasteiger partial charge in [-0.1, -0.05) is 30.3 Å². The van der Waals surface area contributed by atoms with Crippen LogP contribution in [0.15, 0.2) is 60.8 Å². The van der Waals surface area contributed by atoms with Gasteiger partial charge in [-0.05, 0) is 41.8 Å². The number of fused-ring (bicyclic) bond motifs is 1. The topological polar surface area (TPSA) is 41.1 Å². The molecule has 1 aromatic heterocycles. The van der Waals surface area contributed by atoms with Gasteiger partial charge in [-0.15, -0.1) is 0 Å². The summed E-state index contributed by atoms with van der Waals surface area (Å²) in [6, 6.07) is 16.6. The van der Waals surface area contributed by atoms with Crippen molar-refractivity contribution in [2.24, 2.45) is 0 Å². The molecule has 5 heteroatoms. The average molecular weight is 320 g/mol. The normalized spacial score (nSPS) is 13.0. The van der Waals surface area contributed by atoms with Crippen molar-refractivity contribution in [1.82, 2.24) is 9.97 Å². The van der Waals surface area contributed by atoms with Gasteiger partial charge in [-0.2, -0.15) is 4.98 Å². The van der Waals surface area contributed by atoms with Gasteiger partial charge in [0.05, 0.1) is 0 Å². The molecule has 2 aromatic carbocycles. The minimum Gasteiger partial charge on any atom is -0.366 e. The molecular formula is C19H17FN4. The number of benzene rings is 2. The van der Waals surface area contributed by atoms with E-state index in [0.29, 0.717) is 12.5 Å². The lowest BCUT2D eigenvalue weighted by atomic mass is 10.2. The van der Waals surface area contributed by atoms with E-state index in [0.717, 1.165) is 24.3 Å². The smallest absolute Gasteiger partial charge is 0.231 e. The zero-order valence-corrected chi connectivity index (χ0v) is 13.1. The van der Waals surface area contributed by atoms with Crippen LogP contribution in [-0.4, -0.2) is 16.5 Å². The third-order valence-electron chi connectivity index (χ3n) is 4.16. The van der Waals surface area contributed by atoms with Gasteiger partial charge in [-0.25, -0.2) is 9.37 Å². The van der Waals surface area contributed by atoms with Crippen LogP contribution < -0.4 is 10.2 Å². The Balaban J connectivity index is 1.51. The number of hydrogen-bond acceptors (Lipinski definition) is 4. The summed E-state index contributed by atoms with van der Waals surface area (Å²) < 4.78 is 13.0. The van der Waals surface area contributed by atoms with Gasteiger partial charge in [0.2, 0.25) is 5.95 Å². The Morgan fingerprint density at radius 3 is 2.75 bits per heavy atom. The van der Waals surface area contributed by atoms with Crippen molar-refractivity contribution in [1.29, 1.82) is 0 Å². The first-order valence-electron chi connectivity index (χ1n) is 7.96. The summed E-state index contributed by atoms with van der Waals surface area (Å²) in [7, 11) is 0. The molecule has 0 aliphatic carbocycles. The minimum atomic E-state index is -0.226. The third kappa shape index (κ3) is 2.93. The predicted octanol–water partition coefficient (Wildman–Crippen LogP) is 3.92. The number of hydrogen-bond donors (Lipinski definition) is 1. The summed E-state index contributed by atoms with van der Waals surface area (Å²) in [5, 5.41) is 3.27. The Labute approximate surface area is 140 Å². The van der Waals surface area contributed by atoms with Gasteiger partial charge in [-0.3, -0.25) is 0 Å². The van der Waals surface area contributed by atoms with Crippen molar-refractivity contribution in [3.05, 3.63) is 77.7 Å². The lowest BCUT2D eigenvalue weighted by Gasteiger charge is -2.17. The molecule has 0 fully saturated rings. The van der Waals surface area contributed by atoms with Crippen molar-refractivity contribution in [2.75, 3.05) is 16.8 Å². The van der Waals surface area contributed by atoms with Crippen LogP contribution in [0.4, 0.5) is 21.8 Å². The maximum atomic E-state index is 13.0. The summed E-state index contributed by atoms with van der Waals surface area (Å²) in [5.41, 5.74) is 3.50. The number of halogens is 1. The van der Waals surface area contributed by atoms with Crippen molar-refractivity contribution in [2.45, 2.75) is 13.0 Å². The van der Waals surface area contributed by atoms with Gasteiger partial charge in [0.15, 0.2) is 0 Å². The molecule has 0 saturated carbocycles. The SMILES string of the molecule is Fc1ccc(CNc2ccnc(N3CCc4ccccc43)n2)cc1. The molecule has 120 valence electrons. The van der Waals surface area contributed by atoms with E-state index in [4.69, 9.17) is 0 Å². The Hall–Kier alpha value is -2.95. The van der Waals surface area contributed by atoms with Gasteiger partial charge >= 0.3 is 0 Å². The molecule has 0 saturated heterocycles. The maximum Gasteiger partial charge on any atom is 0.231 e. The summed E-state index contributed by atoms with van der Waals surface area (Å²) in [5.74, 6) is 1.23. The van der Waals surface area contributed by atoms with Gasteiger partial charge in [0.25, 0.3) is 0 Å². The molecule has 0 bridgehead atoms. The van der Waals surface area contributed by atoms with Crippen LogP contribution in [-0.2, 0) is 13.0 Å². The second-order valence-electron chi connectivity index (χ2n) is 5.75. The fourth-order valence-electron chi connectivity index (χ4n) is 2.92. The van der Waals surface area contributed by atoms with E-state index in [9.17, 15) is 4.39 Å². The monoisotopic (exact) mass is 320 g/mol. The molecule has 0 spiro atoms. The zero-order chi connectivity index (χ0) is 16.4. The number of aromatic nitrogens is 2. The molecule has 2 heterocycles. The Kier molecular flexibility index (Phi) is 3.83. The van der Waals surface area contributed by atoms with Crippen LogP contribution in [0.25, 0.3) is 0 Å². The number of rotatable bonds is 4. The molecule has 3 aromatic rings. The average Bonchev–Trinajstić information content (AvgIpc) is 3.06.